The third-order valence-electron chi connectivity index (χ3n) is 14.2. The molecular weight excluding hydrogens is 1050 g/mol. The summed E-state index contributed by atoms with van der Waals surface area (Å²) in [6.07, 6.45) is -4.17. The van der Waals surface area contributed by atoms with Gasteiger partial charge in [0, 0.05) is 78.4 Å². The first-order valence-corrected chi connectivity index (χ1v) is 28.4. The van der Waals surface area contributed by atoms with Gasteiger partial charge >= 0.3 is 27.4 Å². The predicted molar refractivity (Wildman–Crippen MR) is 282 cm³/mol. The molecule has 1 fully saturated rings. The third kappa shape index (κ3) is 11.9. The van der Waals surface area contributed by atoms with E-state index in [0.29, 0.717) is 23.5 Å². The van der Waals surface area contributed by atoms with Gasteiger partial charge in [0.2, 0.25) is 17.7 Å². The number of nitrogen functional groups attached to an aromatic ring is 1. The van der Waals surface area contributed by atoms with Crippen LogP contribution in [0.4, 0.5) is 16.4 Å². The second-order valence-electron chi connectivity index (χ2n) is 21.6. The van der Waals surface area contributed by atoms with Gasteiger partial charge in [-0.1, -0.05) is 37.0 Å². The van der Waals surface area contributed by atoms with Gasteiger partial charge in [0.25, 0.3) is 17.4 Å². The fourth-order valence-corrected chi connectivity index (χ4v) is 12.7. The molecule has 25 nitrogen and oxygen atoms in total. The number of ether oxygens (including phenoxy) is 3. The van der Waals surface area contributed by atoms with Gasteiger partial charge in [-0.25, -0.2) is 18.5 Å². The summed E-state index contributed by atoms with van der Waals surface area (Å²) in [4.78, 5) is 94.6. The number of H-pyrrole nitrogens is 1. The van der Waals surface area contributed by atoms with E-state index < -0.39 is 58.4 Å². The number of aromatic amines is 1. The molecule has 3 aromatic carbocycles. The number of fused-ring (bicyclic) bond motifs is 5. The Hall–Kier alpha value is -6.53. The standard InChI is InChI=1S/C51H64N10O15P2/c1-26-22-50(3,4)57-34-20-36-32(18-30(26)34)40(33-19-31-27(2)23-51(5,6)58-35(31)21-37(33)73-36)28-12-9-10-13-29(28)46(65)59(7)17-11-14-39(62)53-15-16-54-49(66)75-43-38(24-72-78(70,71)76-77(67,68)69)74-47(42(43)63)61-25-60(8)41-44(61)55-48(52)56-45(41)64/h9-10,12-13,18-21,25-27,38,42-43,47,63H,11,14-17,22-24H2,1-8H3,(H8-,52,53,54,55,56,57,58,62,64,66,67,68,69,70,71)/p+1/t26?,27?,38-,42-,43-,47-/m1/s1. The minimum Gasteiger partial charge on any atom is -0.456 e. The van der Waals surface area contributed by atoms with Crippen molar-refractivity contribution in [1.29, 1.82) is 0 Å². The largest absolute Gasteiger partial charge is 0.481 e. The molecule has 6 heterocycles. The van der Waals surface area contributed by atoms with Crippen LogP contribution in [0.1, 0.15) is 118 Å². The Morgan fingerprint density at radius 2 is 1.71 bits per heavy atom. The summed E-state index contributed by atoms with van der Waals surface area (Å²) < 4.78 is 52.8. The number of rotatable bonds is 16. The second kappa shape index (κ2) is 21.3. The maximum atomic E-state index is 14.6. The maximum absolute atomic E-state index is 14.6. The van der Waals surface area contributed by atoms with Crippen LogP contribution in [-0.2, 0) is 39.3 Å². The number of imidazole rings is 1. The SMILES string of the molecule is CC1CC(C)(C)Nc2cc3c(cc21)C(c1ccccc1C(=O)N(C)CCCC(=O)NCCNC(=O)O[C@H]1[C@@H](O)[C@H]([n+]2cn(C)c4c(=O)[nH]c(N)nc42)O[C@@H]1COP(=O)(O)OP(=O)(O)O)=c1cc2c(cc1O3)=NC(C)(C)CC2C. The molecule has 78 heavy (non-hydrogen) atoms. The zero-order chi connectivity index (χ0) is 56.4. The summed E-state index contributed by atoms with van der Waals surface area (Å²) in [5.74, 6) is 0.934. The summed E-state index contributed by atoms with van der Waals surface area (Å²) in [5.41, 5.74) is 11.0. The lowest BCUT2D eigenvalue weighted by atomic mass is 9.79. The van der Waals surface area contributed by atoms with E-state index in [0.717, 1.165) is 51.4 Å². The number of hydrogen-bond acceptors (Lipinski definition) is 16. The zero-order valence-electron chi connectivity index (χ0n) is 44.3. The number of aliphatic hydroxyl groups excluding tert-OH is 1. The number of alkyl carbamates (subject to hydrolysis) is 1. The maximum Gasteiger partial charge on any atom is 0.481 e. The predicted octanol–water partition coefficient (Wildman–Crippen LogP) is 3.34. The van der Waals surface area contributed by atoms with Crippen molar-refractivity contribution in [2.75, 3.05) is 44.3 Å². The van der Waals surface area contributed by atoms with Crippen molar-refractivity contribution in [3.05, 3.63) is 104 Å². The van der Waals surface area contributed by atoms with Crippen LogP contribution < -0.4 is 47.1 Å². The number of nitrogens with two attached hydrogens (primary N) is 1. The molecule has 7 atom stereocenters. The number of phosphoric acid groups is 2. The molecule has 0 bridgehead atoms. The number of amides is 3. The number of aryl methyl sites for hydroxylation is 1. The van der Waals surface area contributed by atoms with Crippen molar-refractivity contribution in [1.82, 2.24) is 30.1 Å². The molecule has 0 aliphatic carbocycles. The minimum absolute atomic E-state index is 0.0148. The Morgan fingerprint density at radius 1 is 0.987 bits per heavy atom. The van der Waals surface area contributed by atoms with Crippen molar-refractivity contribution in [2.24, 2.45) is 12.0 Å². The van der Waals surface area contributed by atoms with Gasteiger partial charge in [0.05, 0.1) is 24.6 Å². The van der Waals surface area contributed by atoms with E-state index in [4.69, 9.17) is 39.2 Å². The molecule has 5 aromatic rings. The first-order valence-electron chi connectivity index (χ1n) is 25.4. The summed E-state index contributed by atoms with van der Waals surface area (Å²) in [7, 11) is -7.76. The van der Waals surface area contributed by atoms with E-state index in [2.05, 4.69) is 90.0 Å². The lowest BCUT2D eigenvalue weighted by Crippen LogP contribution is -2.47. The van der Waals surface area contributed by atoms with Crippen LogP contribution in [0.2, 0.25) is 0 Å². The topological polar surface area (TPSA) is 345 Å². The van der Waals surface area contributed by atoms with Crippen LogP contribution >= 0.6 is 15.6 Å². The summed E-state index contributed by atoms with van der Waals surface area (Å²) in [6.45, 7) is 12.1. The van der Waals surface area contributed by atoms with Crippen molar-refractivity contribution in [3.63, 3.8) is 0 Å². The van der Waals surface area contributed by atoms with Gasteiger partial charge < -0.3 is 60.6 Å². The number of nitrogens with zero attached hydrogens (tertiary/aromatic N) is 5. The number of anilines is 2. The highest BCUT2D eigenvalue weighted by Gasteiger charge is 2.51. The van der Waals surface area contributed by atoms with E-state index >= 15 is 0 Å². The Labute approximate surface area is 447 Å². The lowest BCUT2D eigenvalue weighted by Gasteiger charge is -2.38. The van der Waals surface area contributed by atoms with Gasteiger partial charge in [-0.05, 0) is 93.7 Å². The van der Waals surface area contributed by atoms with Crippen LogP contribution in [0.5, 0.6) is 11.5 Å². The van der Waals surface area contributed by atoms with Gasteiger partial charge in [0.1, 0.15) is 17.6 Å². The van der Waals surface area contributed by atoms with E-state index in [-0.39, 0.29) is 77.9 Å². The molecule has 4 aliphatic rings. The van der Waals surface area contributed by atoms with E-state index in [1.807, 2.05) is 30.3 Å². The average Bonchev–Trinajstić information content (AvgIpc) is 3.93. The molecule has 3 unspecified atom stereocenters. The molecule has 1 saturated heterocycles. The number of phosphoric ester groups is 1. The monoisotopic (exact) mass is 1120 g/mol. The molecule has 0 radical (unpaired) electrons. The van der Waals surface area contributed by atoms with Crippen LogP contribution in [0.25, 0.3) is 16.7 Å². The first kappa shape index (κ1) is 56.2. The number of nitrogens with one attached hydrogen (secondary N) is 4. The Kier molecular flexibility index (Phi) is 15.3. The minimum atomic E-state index is -5.51. The highest BCUT2D eigenvalue weighted by atomic mass is 31.3. The van der Waals surface area contributed by atoms with E-state index in [1.165, 1.54) is 28.1 Å². The van der Waals surface area contributed by atoms with Crippen molar-refractivity contribution < 1.29 is 70.9 Å². The Balaban J connectivity index is 0.845. The quantitative estimate of drug-likeness (QED) is 0.0381. The number of carbonyl (C=O) groups is 3. The van der Waals surface area contributed by atoms with E-state index in [1.54, 1.807) is 11.9 Å². The molecule has 3 amide bonds. The Bertz CT molecular complexity index is 3530. The first-order chi connectivity index (χ1) is 36.6. The van der Waals surface area contributed by atoms with Crippen molar-refractivity contribution in [3.8, 4) is 11.5 Å². The van der Waals surface area contributed by atoms with Crippen LogP contribution in [-0.4, -0.2) is 120 Å². The Morgan fingerprint density at radius 3 is 2.45 bits per heavy atom. The number of benzene rings is 3. The second-order valence-corrected chi connectivity index (χ2v) is 24.5. The summed E-state index contributed by atoms with van der Waals surface area (Å²) in [5, 5.41) is 22.1. The van der Waals surface area contributed by atoms with Gasteiger partial charge in [0.15, 0.2) is 18.5 Å². The molecule has 2 aromatic heterocycles. The van der Waals surface area contributed by atoms with Crippen LogP contribution in [0.3, 0.4) is 0 Å². The van der Waals surface area contributed by atoms with Gasteiger partial charge in [-0.15, -0.1) is 0 Å². The normalized spacial score (nSPS) is 22.5. The molecule has 4 aliphatic heterocycles. The lowest BCUT2D eigenvalue weighted by molar-refractivity contribution is -0.745. The smallest absolute Gasteiger partial charge is 0.456 e. The molecule has 0 saturated carbocycles. The molecular formula is C51H65N10O15P2+. The molecule has 10 N–H and O–H groups in total. The van der Waals surface area contributed by atoms with Crippen molar-refractivity contribution in [2.45, 2.75) is 115 Å². The number of aromatic nitrogens is 4. The fourth-order valence-electron chi connectivity index (χ4n) is 11.1. The van der Waals surface area contributed by atoms with Gasteiger partial charge in [-0.2, -0.15) is 4.31 Å². The van der Waals surface area contributed by atoms with Crippen molar-refractivity contribution >= 4 is 61.9 Å². The summed E-state index contributed by atoms with van der Waals surface area (Å²) in [6, 6.07) is 16.0. The summed E-state index contributed by atoms with van der Waals surface area (Å²) >= 11 is 0. The third-order valence-corrected chi connectivity index (χ3v) is 16.4. The molecule has 0 spiro atoms. The average molecular weight is 1120 g/mol. The molecule has 27 heteroatoms. The van der Waals surface area contributed by atoms with Crippen LogP contribution in [0.15, 0.2) is 64.6 Å². The fraction of sp³-hybridized carbons (Fsp3) is 0.471. The number of aliphatic hydroxyl groups is 1. The van der Waals surface area contributed by atoms with Gasteiger partial charge in [-0.3, -0.25) is 33.5 Å². The van der Waals surface area contributed by atoms with E-state index in [9.17, 15) is 38.3 Å². The zero-order valence-corrected chi connectivity index (χ0v) is 46.1. The highest BCUT2D eigenvalue weighted by Crippen LogP contribution is 2.58. The number of hydrogen-bond donors (Lipinski definition) is 9. The highest BCUT2D eigenvalue weighted by molar-refractivity contribution is 7.60. The number of carbonyl (C=O) groups excluding carboxylic acids is 3. The molecule has 418 valence electrons. The van der Waals surface area contributed by atoms with Crippen LogP contribution in [0, 0.1) is 0 Å². The molecule has 9 rings (SSSR count).